The minimum atomic E-state index is -4.99. The molecule has 2 saturated heterocycles. The molecule has 2 fully saturated rings. The number of nitrogens with one attached hydrogen (secondary N) is 1. The number of alkyl halides is 6. The number of aromatic amines is 1. The molecule has 5 rings (SSSR count). The number of nitrogens with zero attached hydrogens (tertiary/aromatic N) is 3. The number of thiazole rings is 1. The van der Waals surface area contributed by atoms with E-state index in [4.69, 9.17) is 4.74 Å². The second-order valence-corrected chi connectivity index (χ2v) is 11.3. The molecule has 226 valence electrons. The molecule has 0 unspecified atom stereocenters. The summed E-state index contributed by atoms with van der Waals surface area (Å²) in [5.41, 5.74) is -2.14. The summed E-state index contributed by atoms with van der Waals surface area (Å²) in [6.07, 6.45) is -9.33. The molecule has 8 nitrogen and oxygen atoms in total. The normalized spacial score (nSPS) is 17.6. The van der Waals surface area contributed by atoms with Gasteiger partial charge in [-0.2, -0.15) is 26.3 Å². The van der Waals surface area contributed by atoms with E-state index >= 15 is 0 Å². The van der Waals surface area contributed by atoms with Crippen LogP contribution in [0.3, 0.4) is 0 Å². The summed E-state index contributed by atoms with van der Waals surface area (Å²) in [5.74, 6) is -0.105. The van der Waals surface area contributed by atoms with E-state index in [0.717, 1.165) is 28.9 Å². The highest BCUT2D eigenvalue weighted by molar-refractivity contribution is 7.16. The van der Waals surface area contributed by atoms with E-state index in [9.17, 15) is 40.7 Å². The minimum absolute atomic E-state index is 0.0258. The largest absolute Gasteiger partial charge is 0.445 e. The summed E-state index contributed by atoms with van der Waals surface area (Å²) < 4.78 is 84.3. The summed E-state index contributed by atoms with van der Waals surface area (Å²) in [6, 6.07) is 6.43. The van der Waals surface area contributed by atoms with Crippen molar-refractivity contribution in [1.82, 2.24) is 19.7 Å². The number of carbonyl (C=O) groups excluding carboxylic acids is 2. The van der Waals surface area contributed by atoms with Crippen LogP contribution in [0.25, 0.3) is 10.2 Å². The molecule has 2 aromatic carbocycles. The fourth-order valence-electron chi connectivity index (χ4n) is 5.30. The first-order valence-electron chi connectivity index (χ1n) is 13.1. The van der Waals surface area contributed by atoms with E-state index in [1.54, 1.807) is 23.1 Å². The number of aromatic nitrogens is 1. The third kappa shape index (κ3) is 6.72. The maximum absolute atomic E-state index is 13.1. The molecular formula is C27H26F6N4O4S. The summed E-state index contributed by atoms with van der Waals surface area (Å²) in [4.78, 5) is 45.0. The Balaban J connectivity index is 1.10. The molecule has 0 radical (unpaired) electrons. The number of ether oxygens (including phenoxy) is 1. The predicted molar refractivity (Wildman–Crippen MR) is 141 cm³/mol. The van der Waals surface area contributed by atoms with Gasteiger partial charge in [0.05, 0.1) is 21.3 Å². The van der Waals surface area contributed by atoms with Crippen LogP contribution in [0.4, 0.5) is 31.1 Å². The summed E-state index contributed by atoms with van der Waals surface area (Å²) >= 11 is 1.05. The van der Waals surface area contributed by atoms with Crippen LogP contribution in [0.1, 0.15) is 39.9 Å². The molecule has 0 saturated carbocycles. The molecule has 3 heterocycles. The van der Waals surface area contributed by atoms with Crippen molar-refractivity contribution in [3.8, 4) is 0 Å². The van der Waals surface area contributed by atoms with Crippen molar-refractivity contribution in [2.75, 3.05) is 39.3 Å². The van der Waals surface area contributed by atoms with Crippen LogP contribution in [0.5, 0.6) is 0 Å². The van der Waals surface area contributed by atoms with Crippen molar-refractivity contribution < 1.29 is 40.7 Å². The lowest BCUT2D eigenvalue weighted by molar-refractivity contribution is -0.143. The second kappa shape index (κ2) is 11.6. The lowest BCUT2D eigenvalue weighted by Crippen LogP contribution is -2.54. The van der Waals surface area contributed by atoms with Gasteiger partial charge in [0.2, 0.25) is 0 Å². The van der Waals surface area contributed by atoms with Crippen LogP contribution >= 0.6 is 11.3 Å². The van der Waals surface area contributed by atoms with Gasteiger partial charge in [-0.25, -0.2) is 4.79 Å². The van der Waals surface area contributed by atoms with Gasteiger partial charge in [-0.05, 0) is 54.8 Å². The number of fused-ring (bicyclic) bond motifs is 1. The zero-order valence-corrected chi connectivity index (χ0v) is 22.9. The number of H-pyrrole nitrogens is 1. The third-order valence-corrected chi connectivity index (χ3v) is 8.36. The van der Waals surface area contributed by atoms with Crippen molar-refractivity contribution in [1.29, 1.82) is 0 Å². The zero-order valence-electron chi connectivity index (χ0n) is 22.1. The molecule has 0 spiro atoms. The van der Waals surface area contributed by atoms with Crippen LogP contribution in [0.15, 0.2) is 41.2 Å². The van der Waals surface area contributed by atoms with E-state index in [0.29, 0.717) is 49.4 Å². The molecular weight excluding hydrogens is 590 g/mol. The Kier molecular flexibility index (Phi) is 8.25. The predicted octanol–water partition coefficient (Wildman–Crippen LogP) is 5.19. The van der Waals surface area contributed by atoms with Crippen molar-refractivity contribution in [3.05, 3.63) is 68.3 Å². The summed E-state index contributed by atoms with van der Waals surface area (Å²) in [5, 5.41) is 0. The number of piperidine rings is 1. The molecule has 2 aliphatic heterocycles. The van der Waals surface area contributed by atoms with Gasteiger partial charge in [0.15, 0.2) is 0 Å². The molecule has 0 atom stereocenters. The lowest BCUT2D eigenvalue weighted by atomic mass is 10.0. The molecule has 2 aliphatic rings. The van der Waals surface area contributed by atoms with Crippen molar-refractivity contribution in [2.45, 2.75) is 37.8 Å². The van der Waals surface area contributed by atoms with Crippen LogP contribution in [0.2, 0.25) is 0 Å². The Labute approximate surface area is 239 Å². The minimum Gasteiger partial charge on any atom is -0.445 e. The van der Waals surface area contributed by atoms with Gasteiger partial charge in [-0.15, -0.1) is 0 Å². The maximum Gasteiger partial charge on any atom is 0.416 e. The van der Waals surface area contributed by atoms with Gasteiger partial charge in [0.1, 0.15) is 6.61 Å². The van der Waals surface area contributed by atoms with Crippen molar-refractivity contribution in [2.24, 2.45) is 0 Å². The molecule has 2 amide bonds. The van der Waals surface area contributed by atoms with Gasteiger partial charge in [0, 0.05) is 50.9 Å². The van der Waals surface area contributed by atoms with E-state index < -0.39 is 41.7 Å². The van der Waals surface area contributed by atoms with Gasteiger partial charge in [0.25, 0.3) is 5.91 Å². The van der Waals surface area contributed by atoms with Crippen molar-refractivity contribution >= 4 is 33.6 Å². The number of carbonyl (C=O) groups is 2. The number of likely N-dealkylation sites (tertiary alicyclic amines) is 1. The molecule has 1 aromatic heterocycles. The van der Waals surface area contributed by atoms with Gasteiger partial charge >= 0.3 is 23.3 Å². The Morgan fingerprint density at radius 2 is 1.48 bits per heavy atom. The van der Waals surface area contributed by atoms with Crippen LogP contribution in [-0.2, 0) is 23.7 Å². The maximum atomic E-state index is 13.1. The SMILES string of the molecule is O=C(OCc1cc(C(F)(F)F)cc(C(F)(F)F)c1)N1CCN(C2CCN(C(=O)c3ccc4[nH]c(=O)sc4c3)CC2)CC1. The number of halogens is 6. The average molecular weight is 617 g/mol. The smallest absolute Gasteiger partial charge is 0.416 e. The molecule has 42 heavy (non-hydrogen) atoms. The summed E-state index contributed by atoms with van der Waals surface area (Å²) in [6.45, 7) is 1.96. The Morgan fingerprint density at radius 1 is 0.857 bits per heavy atom. The van der Waals surface area contributed by atoms with E-state index in [2.05, 4.69) is 9.88 Å². The quantitative estimate of drug-likeness (QED) is 0.408. The second-order valence-electron chi connectivity index (χ2n) is 10.2. The number of hydrogen-bond acceptors (Lipinski definition) is 6. The highest BCUT2D eigenvalue weighted by Gasteiger charge is 2.37. The number of hydrogen-bond donors (Lipinski definition) is 1. The molecule has 15 heteroatoms. The summed E-state index contributed by atoms with van der Waals surface area (Å²) in [7, 11) is 0. The fourth-order valence-corrected chi connectivity index (χ4v) is 6.08. The Morgan fingerprint density at radius 3 is 2.07 bits per heavy atom. The first kappa shape index (κ1) is 29.9. The van der Waals surface area contributed by atoms with Gasteiger partial charge in [-0.3, -0.25) is 14.5 Å². The number of amides is 2. The van der Waals surface area contributed by atoms with Gasteiger partial charge in [-0.1, -0.05) is 11.3 Å². The van der Waals surface area contributed by atoms with E-state index in [1.165, 1.54) is 4.90 Å². The Bertz CT molecular complexity index is 1490. The highest BCUT2D eigenvalue weighted by atomic mass is 32.1. The Hall–Kier alpha value is -3.59. The number of benzene rings is 2. The first-order chi connectivity index (χ1) is 19.8. The van der Waals surface area contributed by atoms with E-state index in [1.807, 2.05) is 0 Å². The molecule has 1 N–H and O–H groups in total. The number of piperazine rings is 1. The van der Waals surface area contributed by atoms with E-state index in [-0.39, 0.29) is 36.0 Å². The monoisotopic (exact) mass is 616 g/mol. The first-order valence-corrected chi connectivity index (χ1v) is 14.0. The van der Waals surface area contributed by atoms with Crippen LogP contribution in [-0.4, -0.2) is 77.0 Å². The van der Waals surface area contributed by atoms with Crippen molar-refractivity contribution in [3.63, 3.8) is 0 Å². The average Bonchev–Trinajstić information content (AvgIpc) is 3.34. The number of rotatable bonds is 4. The third-order valence-electron chi connectivity index (χ3n) is 7.52. The standard InChI is InChI=1S/C27H26F6N4O4S/c28-26(29,30)18-11-16(12-19(14-18)27(31,32)33)15-41-25(40)37-9-7-35(8-10-37)20-3-5-36(6-4-20)23(38)17-1-2-21-22(13-17)42-24(39)34-21/h1-2,11-14,20H,3-10,15H2,(H,34,39). The highest BCUT2D eigenvalue weighted by Crippen LogP contribution is 2.36. The zero-order chi connectivity index (χ0) is 30.2. The molecule has 0 bridgehead atoms. The molecule has 0 aliphatic carbocycles. The van der Waals surface area contributed by atoms with Crippen LogP contribution < -0.4 is 4.87 Å². The fraction of sp³-hybridized carbons (Fsp3) is 0.444. The van der Waals surface area contributed by atoms with Gasteiger partial charge < -0.3 is 19.5 Å². The molecule has 3 aromatic rings. The van der Waals surface area contributed by atoms with Crippen LogP contribution in [0, 0.1) is 0 Å². The topological polar surface area (TPSA) is 85.9 Å². The lowest BCUT2D eigenvalue weighted by Gasteiger charge is -2.42.